The molecule has 2 unspecified atom stereocenters. The average molecular weight is 451 g/mol. The minimum Gasteiger partial charge on any atom is -0.483 e. The van der Waals surface area contributed by atoms with Crippen molar-refractivity contribution in [2.24, 2.45) is 0 Å². The predicted molar refractivity (Wildman–Crippen MR) is 110 cm³/mol. The van der Waals surface area contributed by atoms with Crippen molar-refractivity contribution in [3.63, 3.8) is 0 Å². The Morgan fingerprint density at radius 3 is 2.68 bits per heavy atom. The number of piperidine rings is 2. The Kier molecular flexibility index (Phi) is 6.91. The Bertz CT molecular complexity index is 930. The van der Waals surface area contributed by atoms with E-state index in [1.807, 2.05) is 0 Å². The van der Waals surface area contributed by atoms with E-state index < -0.39 is 29.7 Å². The highest BCUT2D eigenvalue weighted by Gasteiger charge is 2.46. The number of hydrogen-bond donors (Lipinski definition) is 3. The minimum absolute atomic E-state index is 0. The Hall–Kier alpha value is -2.98. The molecule has 11 heteroatoms. The zero-order valence-electron chi connectivity index (χ0n) is 16.6. The maximum Gasteiger partial charge on any atom is 0.266 e. The maximum atomic E-state index is 13.0. The van der Waals surface area contributed by atoms with Gasteiger partial charge in [-0.1, -0.05) is 6.07 Å². The van der Waals surface area contributed by atoms with Crippen LogP contribution in [0.4, 0.5) is 0 Å². The van der Waals surface area contributed by atoms with Gasteiger partial charge in [0.2, 0.25) is 11.8 Å². The van der Waals surface area contributed by atoms with Crippen molar-refractivity contribution in [1.29, 1.82) is 0 Å². The smallest absolute Gasteiger partial charge is 0.266 e. The molecule has 3 aliphatic rings. The first-order valence-corrected chi connectivity index (χ1v) is 9.93. The number of benzene rings is 1. The maximum absolute atomic E-state index is 13.0. The molecule has 1 aromatic rings. The summed E-state index contributed by atoms with van der Waals surface area (Å²) in [6.45, 7) is 1.33. The molecular formula is C20H23ClN4O6. The molecule has 10 nitrogen and oxygen atoms in total. The molecule has 2 saturated heterocycles. The lowest BCUT2D eigenvalue weighted by molar-refractivity contribution is -0.136. The number of rotatable bonds is 5. The lowest BCUT2D eigenvalue weighted by atomic mass is 10.0. The third-order valence-electron chi connectivity index (χ3n) is 5.45. The first-order chi connectivity index (χ1) is 14.5. The summed E-state index contributed by atoms with van der Waals surface area (Å²) in [5.41, 5.74) is 0.137. The van der Waals surface area contributed by atoms with Crippen LogP contribution in [0.3, 0.4) is 0 Å². The number of nitrogens with one attached hydrogen (secondary N) is 3. The van der Waals surface area contributed by atoms with Gasteiger partial charge in [0.25, 0.3) is 17.7 Å². The van der Waals surface area contributed by atoms with E-state index in [2.05, 4.69) is 16.0 Å². The highest BCUT2D eigenvalue weighted by molar-refractivity contribution is 6.24. The molecule has 0 bridgehead atoms. The topological polar surface area (TPSA) is 134 Å². The van der Waals surface area contributed by atoms with Crippen LogP contribution in [0.1, 0.15) is 46.4 Å². The van der Waals surface area contributed by atoms with Crippen LogP contribution in [0.2, 0.25) is 0 Å². The standard InChI is InChI=1S/C20H22N4O6.ClH/c25-15-7-6-13(18(27)23-15)24-19(28)12-4-1-5-14(17(12)20(24)29)30-10-16(26)22-11-3-2-8-21-9-11;/h1,4-5,11,13,21H,2-3,6-10H2,(H,22,26)(H,23,25,27);1H. The van der Waals surface area contributed by atoms with E-state index in [1.165, 1.54) is 12.1 Å². The van der Waals surface area contributed by atoms with E-state index >= 15 is 0 Å². The van der Waals surface area contributed by atoms with Crippen molar-refractivity contribution in [2.45, 2.75) is 37.8 Å². The van der Waals surface area contributed by atoms with Crippen molar-refractivity contribution in [3.8, 4) is 5.75 Å². The second kappa shape index (κ2) is 9.44. The quantitative estimate of drug-likeness (QED) is 0.527. The second-order valence-electron chi connectivity index (χ2n) is 7.53. The molecule has 31 heavy (non-hydrogen) atoms. The van der Waals surface area contributed by atoms with Crippen LogP contribution in [0.15, 0.2) is 18.2 Å². The van der Waals surface area contributed by atoms with Crippen molar-refractivity contribution in [2.75, 3.05) is 19.7 Å². The van der Waals surface area contributed by atoms with E-state index in [0.717, 1.165) is 24.3 Å². The Balaban J connectivity index is 0.00000272. The Morgan fingerprint density at radius 2 is 1.97 bits per heavy atom. The highest BCUT2D eigenvalue weighted by atomic mass is 35.5. The number of fused-ring (bicyclic) bond motifs is 1. The average Bonchev–Trinajstić information content (AvgIpc) is 2.98. The number of carbonyl (C=O) groups is 5. The largest absolute Gasteiger partial charge is 0.483 e. The number of ether oxygens (including phenoxy) is 1. The fourth-order valence-corrected chi connectivity index (χ4v) is 3.99. The third-order valence-corrected chi connectivity index (χ3v) is 5.45. The summed E-state index contributed by atoms with van der Waals surface area (Å²) in [4.78, 5) is 62.4. The van der Waals surface area contributed by atoms with E-state index in [9.17, 15) is 24.0 Å². The van der Waals surface area contributed by atoms with Gasteiger partial charge in [-0.3, -0.25) is 34.2 Å². The molecule has 3 N–H and O–H groups in total. The molecule has 1 aromatic carbocycles. The summed E-state index contributed by atoms with van der Waals surface area (Å²) in [6, 6.07) is 3.51. The van der Waals surface area contributed by atoms with Gasteiger partial charge in [0.05, 0.1) is 11.1 Å². The second-order valence-corrected chi connectivity index (χ2v) is 7.53. The monoisotopic (exact) mass is 450 g/mol. The molecule has 0 radical (unpaired) electrons. The zero-order valence-corrected chi connectivity index (χ0v) is 17.5. The van der Waals surface area contributed by atoms with Crippen LogP contribution in [0, 0.1) is 0 Å². The number of amides is 5. The lowest BCUT2D eigenvalue weighted by Gasteiger charge is -2.27. The minimum atomic E-state index is -1.05. The Morgan fingerprint density at radius 1 is 1.16 bits per heavy atom. The van der Waals surface area contributed by atoms with Crippen LogP contribution in [-0.4, -0.2) is 66.2 Å². The van der Waals surface area contributed by atoms with Gasteiger partial charge in [0, 0.05) is 19.0 Å². The molecule has 0 aliphatic carbocycles. The number of hydrogen-bond acceptors (Lipinski definition) is 7. The van der Waals surface area contributed by atoms with Crippen LogP contribution in [0.5, 0.6) is 5.75 Å². The molecule has 5 amide bonds. The summed E-state index contributed by atoms with van der Waals surface area (Å²) in [6.07, 6.45) is 1.98. The van der Waals surface area contributed by atoms with Gasteiger partial charge in [0.15, 0.2) is 6.61 Å². The molecular weight excluding hydrogens is 428 g/mol. The zero-order chi connectivity index (χ0) is 21.3. The van der Waals surface area contributed by atoms with Crippen LogP contribution in [-0.2, 0) is 14.4 Å². The predicted octanol–water partition coefficient (Wildman–Crippen LogP) is -0.243. The molecule has 3 heterocycles. The van der Waals surface area contributed by atoms with Crippen molar-refractivity contribution >= 4 is 41.9 Å². The number of imide groups is 2. The number of halogens is 1. The first kappa shape index (κ1) is 22.7. The molecule has 0 aromatic heterocycles. The van der Waals surface area contributed by atoms with Gasteiger partial charge in [-0.2, -0.15) is 0 Å². The SMILES string of the molecule is Cl.O=C1CCC(N2C(=O)c3cccc(OCC(=O)NC4CCCNC4)c3C2=O)C(=O)N1. The van der Waals surface area contributed by atoms with Crippen LogP contribution in [0.25, 0.3) is 0 Å². The molecule has 0 saturated carbocycles. The summed E-state index contributed by atoms with van der Waals surface area (Å²) >= 11 is 0. The fourth-order valence-electron chi connectivity index (χ4n) is 3.99. The van der Waals surface area contributed by atoms with Gasteiger partial charge in [-0.25, -0.2) is 0 Å². The van der Waals surface area contributed by atoms with Gasteiger partial charge in [0.1, 0.15) is 11.8 Å². The molecule has 0 spiro atoms. The van der Waals surface area contributed by atoms with E-state index in [1.54, 1.807) is 6.07 Å². The van der Waals surface area contributed by atoms with Crippen molar-refractivity contribution < 1.29 is 28.7 Å². The highest BCUT2D eigenvalue weighted by Crippen LogP contribution is 2.33. The van der Waals surface area contributed by atoms with Crippen molar-refractivity contribution in [3.05, 3.63) is 29.3 Å². The lowest BCUT2D eigenvalue weighted by Crippen LogP contribution is -2.54. The van der Waals surface area contributed by atoms with Crippen LogP contribution < -0.4 is 20.7 Å². The molecule has 2 fully saturated rings. The van der Waals surface area contributed by atoms with E-state index in [-0.39, 0.29) is 60.7 Å². The Labute approximate surface area is 184 Å². The molecule has 3 aliphatic heterocycles. The number of carbonyl (C=O) groups excluding carboxylic acids is 5. The van der Waals surface area contributed by atoms with Crippen LogP contribution >= 0.6 is 12.4 Å². The van der Waals surface area contributed by atoms with Gasteiger partial charge >= 0.3 is 0 Å². The summed E-state index contributed by atoms with van der Waals surface area (Å²) in [5.74, 6) is -2.61. The summed E-state index contributed by atoms with van der Waals surface area (Å²) in [7, 11) is 0. The van der Waals surface area contributed by atoms with Gasteiger partial charge < -0.3 is 15.4 Å². The van der Waals surface area contributed by atoms with E-state index in [0.29, 0.717) is 6.54 Å². The van der Waals surface area contributed by atoms with Gasteiger partial charge in [-0.05, 0) is 37.9 Å². The van der Waals surface area contributed by atoms with Gasteiger partial charge in [-0.15, -0.1) is 12.4 Å². The molecule has 166 valence electrons. The normalized spacial score (nSPS) is 23.0. The summed E-state index contributed by atoms with van der Waals surface area (Å²) < 4.78 is 5.56. The first-order valence-electron chi connectivity index (χ1n) is 9.93. The number of nitrogens with zero attached hydrogens (tertiary/aromatic N) is 1. The molecule has 4 rings (SSSR count). The van der Waals surface area contributed by atoms with Crippen molar-refractivity contribution in [1.82, 2.24) is 20.9 Å². The van der Waals surface area contributed by atoms with E-state index in [4.69, 9.17) is 4.74 Å². The molecule has 2 atom stereocenters. The summed E-state index contributed by atoms with van der Waals surface area (Å²) in [5, 5.41) is 8.23. The fraction of sp³-hybridized carbons (Fsp3) is 0.450. The third kappa shape index (κ3) is 4.54.